The van der Waals surface area contributed by atoms with E-state index < -0.39 is 0 Å². The predicted molar refractivity (Wildman–Crippen MR) is 87.2 cm³/mol. The van der Waals surface area contributed by atoms with Crippen molar-refractivity contribution in [3.63, 3.8) is 0 Å². The van der Waals surface area contributed by atoms with E-state index in [1.165, 1.54) is 31.0 Å². The number of carbonyl (C=O) groups is 1. The quantitative estimate of drug-likeness (QED) is 0.840. The van der Waals surface area contributed by atoms with E-state index in [1.807, 2.05) is 17.7 Å². The average Bonchev–Trinajstić information content (AvgIpc) is 3.13. The summed E-state index contributed by atoms with van der Waals surface area (Å²) in [5.74, 6) is 0.883. The Morgan fingerprint density at radius 2 is 2.17 bits per heavy atom. The van der Waals surface area contributed by atoms with Crippen molar-refractivity contribution in [2.75, 3.05) is 11.1 Å². The van der Waals surface area contributed by atoms with Crippen LogP contribution in [0.1, 0.15) is 43.8 Å². The number of tetrazole rings is 1. The molecule has 124 valence electrons. The van der Waals surface area contributed by atoms with Crippen molar-refractivity contribution >= 4 is 23.5 Å². The molecule has 9 heteroatoms. The van der Waals surface area contributed by atoms with E-state index in [4.69, 9.17) is 0 Å². The summed E-state index contributed by atoms with van der Waals surface area (Å²) >= 11 is 1.37. The lowest BCUT2D eigenvalue weighted by atomic mass is 9.96. The first-order valence-corrected chi connectivity index (χ1v) is 8.83. The molecule has 0 aromatic carbocycles. The van der Waals surface area contributed by atoms with Crippen LogP contribution in [-0.4, -0.2) is 41.6 Å². The van der Waals surface area contributed by atoms with Crippen molar-refractivity contribution in [3.05, 3.63) is 11.8 Å². The fourth-order valence-electron chi connectivity index (χ4n) is 2.87. The molecular formula is C14H21N7OS. The second kappa shape index (κ2) is 7.12. The molecule has 1 amide bonds. The number of hydrogen-bond acceptors (Lipinski definition) is 6. The van der Waals surface area contributed by atoms with Crippen molar-refractivity contribution in [1.82, 2.24) is 30.0 Å². The molecule has 0 aliphatic heterocycles. The standard InChI is InChI=1S/C14H21N7OS/c1-10-8-12(20(2)17-10)15-13(22)9-23-14-16-18-19-21(14)11-6-4-3-5-7-11/h8,11H,3-7,9H2,1-2H3,(H,15,22). The van der Waals surface area contributed by atoms with E-state index in [0.29, 0.717) is 17.0 Å². The summed E-state index contributed by atoms with van der Waals surface area (Å²) < 4.78 is 3.54. The minimum atomic E-state index is -0.0869. The van der Waals surface area contributed by atoms with Crippen LogP contribution in [0.5, 0.6) is 0 Å². The van der Waals surface area contributed by atoms with Gasteiger partial charge < -0.3 is 5.32 Å². The first-order chi connectivity index (χ1) is 11.1. The number of hydrogen-bond donors (Lipinski definition) is 1. The molecule has 2 aromatic heterocycles. The summed E-state index contributed by atoms with van der Waals surface area (Å²) in [5, 5.41) is 19.7. The van der Waals surface area contributed by atoms with E-state index in [1.54, 1.807) is 11.7 Å². The molecule has 1 N–H and O–H groups in total. The number of thioether (sulfide) groups is 1. The number of amides is 1. The highest BCUT2D eigenvalue weighted by Gasteiger charge is 2.21. The van der Waals surface area contributed by atoms with Crippen molar-refractivity contribution < 1.29 is 4.79 Å². The number of aromatic nitrogens is 6. The molecule has 1 fully saturated rings. The van der Waals surface area contributed by atoms with Gasteiger partial charge in [0.25, 0.3) is 0 Å². The molecule has 0 spiro atoms. The lowest BCUT2D eigenvalue weighted by Crippen LogP contribution is -2.18. The molecule has 1 aliphatic carbocycles. The molecule has 0 atom stereocenters. The minimum Gasteiger partial charge on any atom is -0.310 e. The molecule has 2 heterocycles. The number of aryl methyl sites for hydroxylation is 2. The van der Waals surface area contributed by atoms with Crippen LogP contribution in [0.15, 0.2) is 11.2 Å². The molecule has 0 radical (unpaired) electrons. The monoisotopic (exact) mass is 335 g/mol. The molecule has 23 heavy (non-hydrogen) atoms. The fourth-order valence-corrected chi connectivity index (χ4v) is 3.62. The van der Waals surface area contributed by atoms with Gasteiger partial charge in [-0.3, -0.25) is 9.48 Å². The fraction of sp³-hybridized carbons (Fsp3) is 0.643. The normalized spacial score (nSPS) is 15.7. The second-order valence-corrected chi connectivity index (χ2v) is 6.77. The number of nitrogens with zero attached hydrogens (tertiary/aromatic N) is 6. The van der Waals surface area contributed by atoms with E-state index >= 15 is 0 Å². The third kappa shape index (κ3) is 3.90. The predicted octanol–water partition coefficient (Wildman–Crippen LogP) is 1.95. The SMILES string of the molecule is Cc1cc(NC(=O)CSc2nnnn2C2CCCCC2)n(C)n1. The topological polar surface area (TPSA) is 90.5 Å². The summed E-state index contributed by atoms with van der Waals surface area (Å²) in [7, 11) is 1.80. The molecule has 1 aliphatic rings. The van der Waals surface area contributed by atoms with Crippen molar-refractivity contribution in [1.29, 1.82) is 0 Å². The molecule has 3 rings (SSSR count). The highest BCUT2D eigenvalue weighted by molar-refractivity contribution is 7.99. The summed E-state index contributed by atoms with van der Waals surface area (Å²) in [5.41, 5.74) is 0.872. The maximum atomic E-state index is 12.1. The number of carbonyl (C=O) groups excluding carboxylic acids is 1. The molecule has 2 aromatic rings. The van der Waals surface area contributed by atoms with Crippen molar-refractivity contribution in [2.45, 2.75) is 50.2 Å². The van der Waals surface area contributed by atoms with Gasteiger partial charge in [-0.25, -0.2) is 4.68 Å². The third-order valence-electron chi connectivity index (χ3n) is 3.99. The van der Waals surface area contributed by atoms with Gasteiger partial charge in [0.15, 0.2) is 0 Å². The summed E-state index contributed by atoms with van der Waals surface area (Å²) in [4.78, 5) is 12.1. The first-order valence-electron chi connectivity index (χ1n) is 7.84. The Morgan fingerprint density at radius 3 is 2.87 bits per heavy atom. The zero-order valence-electron chi connectivity index (χ0n) is 13.4. The largest absolute Gasteiger partial charge is 0.310 e. The average molecular weight is 335 g/mol. The van der Waals surface area contributed by atoms with Gasteiger partial charge in [0, 0.05) is 13.1 Å². The Hall–Kier alpha value is -1.90. The van der Waals surface area contributed by atoms with Gasteiger partial charge in [-0.1, -0.05) is 31.0 Å². The first kappa shape index (κ1) is 16.0. The Kier molecular flexibility index (Phi) is 4.94. The molecule has 1 saturated carbocycles. The van der Waals surface area contributed by atoms with E-state index in [2.05, 4.69) is 25.9 Å². The van der Waals surface area contributed by atoms with Crippen LogP contribution in [0.4, 0.5) is 5.82 Å². The Morgan fingerprint density at radius 1 is 1.39 bits per heavy atom. The summed E-state index contributed by atoms with van der Waals surface area (Å²) in [6, 6.07) is 2.21. The summed E-state index contributed by atoms with van der Waals surface area (Å²) in [6.45, 7) is 1.89. The molecule has 8 nitrogen and oxygen atoms in total. The van der Waals surface area contributed by atoms with Crippen LogP contribution in [0.3, 0.4) is 0 Å². The van der Waals surface area contributed by atoms with Gasteiger partial charge >= 0.3 is 0 Å². The van der Waals surface area contributed by atoms with Crippen LogP contribution in [0, 0.1) is 6.92 Å². The third-order valence-corrected chi connectivity index (χ3v) is 4.92. The minimum absolute atomic E-state index is 0.0869. The zero-order chi connectivity index (χ0) is 16.2. The smallest absolute Gasteiger partial charge is 0.235 e. The van der Waals surface area contributed by atoms with Gasteiger partial charge in [-0.2, -0.15) is 5.10 Å². The Labute approximate surface area is 139 Å². The lowest BCUT2D eigenvalue weighted by molar-refractivity contribution is -0.113. The molecule has 0 unspecified atom stereocenters. The summed E-state index contributed by atoms with van der Waals surface area (Å²) in [6.07, 6.45) is 5.94. The highest BCUT2D eigenvalue weighted by atomic mass is 32.2. The van der Waals surface area contributed by atoms with Crippen molar-refractivity contribution in [3.8, 4) is 0 Å². The van der Waals surface area contributed by atoms with Crippen molar-refractivity contribution in [2.24, 2.45) is 7.05 Å². The Balaban J connectivity index is 1.57. The van der Waals surface area contributed by atoms with E-state index in [0.717, 1.165) is 18.5 Å². The highest BCUT2D eigenvalue weighted by Crippen LogP contribution is 2.30. The van der Waals surface area contributed by atoms with E-state index in [-0.39, 0.29) is 11.7 Å². The molecular weight excluding hydrogens is 314 g/mol. The van der Waals surface area contributed by atoms with Gasteiger partial charge in [0.1, 0.15) is 5.82 Å². The molecule has 0 bridgehead atoms. The second-order valence-electron chi connectivity index (χ2n) is 5.83. The lowest BCUT2D eigenvalue weighted by Gasteiger charge is -2.21. The number of anilines is 1. The maximum Gasteiger partial charge on any atom is 0.235 e. The zero-order valence-corrected chi connectivity index (χ0v) is 14.2. The van der Waals surface area contributed by atoms with Gasteiger partial charge in [0.05, 0.1) is 17.5 Å². The van der Waals surface area contributed by atoms with E-state index in [9.17, 15) is 4.79 Å². The van der Waals surface area contributed by atoms with Gasteiger partial charge in [-0.05, 0) is 30.2 Å². The Bertz CT molecular complexity index is 674. The number of rotatable bonds is 5. The van der Waals surface area contributed by atoms with Crippen LogP contribution < -0.4 is 5.32 Å². The molecule has 0 saturated heterocycles. The number of nitrogens with one attached hydrogen (secondary N) is 1. The van der Waals surface area contributed by atoms with Crippen LogP contribution in [0.2, 0.25) is 0 Å². The van der Waals surface area contributed by atoms with Gasteiger partial charge in [-0.15, -0.1) is 5.10 Å². The van der Waals surface area contributed by atoms with Gasteiger partial charge in [0.2, 0.25) is 11.1 Å². The maximum absolute atomic E-state index is 12.1. The van der Waals surface area contributed by atoms with Crippen LogP contribution >= 0.6 is 11.8 Å². The van der Waals surface area contributed by atoms with Crippen LogP contribution in [-0.2, 0) is 11.8 Å². The van der Waals surface area contributed by atoms with Crippen LogP contribution in [0.25, 0.3) is 0 Å².